The summed E-state index contributed by atoms with van der Waals surface area (Å²) in [6.45, 7) is 2.65. The summed E-state index contributed by atoms with van der Waals surface area (Å²) in [6.07, 6.45) is 5.64. The van der Waals surface area contributed by atoms with E-state index in [-0.39, 0.29) is 11.6 Å². The molecule has 0 radical (unpaired) electrons. The van der Waals surface area contributed by atoms with Crippen molar-refractivity contribution in [2.45, 2.75) is 32.3 Å². The highest BCUT2D eigenvalue weighted by Crippen LogP contribution is 2.37. The molecule has 2 aliphatic rings. The predicted octanol–water partition coefficient (Wildman–Crippen LogP) is 5.26. The smallest absolute Gasteiger partial charge is 0.166 e. The number of anilines is 1. The first-order chi connectivity index (χ1) is 16.0. The third-order valence-corrected chi connectivity index (χ3v) is 6.12. The van der Waals surface area contributed by atoms with Gasteiger partial charge in [0.25, 0.3) is 0 Å². The number of nitrogens with one attached hydrogen (secondary N) is 2. The molecule has 5 rings (SSSR count). The first-order valence-corrected chi connectivity index (χ1v) is 11.0. The summed E-state index contributed by atoms with van der Waals surface area (Å²) in [5.41, 5.74) is 19.1. The Hall–Kier alpha value is -3.81. The molecule has 2 aromatic heterocycles. The molecule has 0 amide bonds. The van der Waals surface area contributed by atoms with Crippen LogP contribution in [0.2, 0.25) is 0 Å². The maximum Gasteiger partial charge on any atom is 0.166 e. The fourth-order valence-corrected chi connectivity index (χ4v) is 4.15. The molecule has 1 aromatic carbocycles. The lowest BCUT2D eigenvalue weighted by Gasteiger charge is -2.23. The predicted molar refractivity (Wildman–Crippen MR) is 124 cm³/mol. The molecule has 0 saturated heterocycles. The fraction of sp³-hybridized carbons (Fsp3) is 0.280. The lowest BCUT2D eigenvalue weighted by atomic mass is 9.94. The van der Waals surface area contributed by atoms with Gasteiger partial charge in [0.1, 0.15) is 11.9 Å². The van der Waals surface area contributed by atoms with E-state index < -0.39 is 6.10 Å². The van der Waals surface area contributed by atoms with Crippen LogP contribution in [0.4, 0.5) is 10.2 Å². The SMILES string of the molecule is C[C@H]1Oc2cc(cnc2N)/C(NCC2CC2)=C(/N=N)Cc2cccnc2-c2ccc(F)cc21. The van der Waals surface area contributed by atoms with Crippen LogP contribution in [0.15, 0.2) is 59.6 Å². The van der Waals surface area contributed by atoms with Crippen molar-refractivity contribution in [1.82, 2.24) is 15.3 Å². The van der Waals surface area contributed by atoms with Gasteiger partial charge < -0.3 is 15.8 Å². The van der Waals surface area contributed by atoms with E-state index in [0.717, 1.165) is 28.9 Å². The number of rotatable bonds is 4. The Morgan fingerprint density at radius 2 is 2.09 bits per heavy atom. The molecule has 1 aliphatic carbocycles. The minimum Gasteiger partial charge on any atom is -0.482 e. The Kier molecular flexibility index (Phi) is 5.50. The summed E-state index contributed by atoms with van der Waals surface area (Å²) < 4.78 is 20.5. The van der Waals surface area contributed by atoms with Crippen LogP contribution in [0.5, 0.6) is 5.75 Å². The summed E-state index contributed by atoms with van der Waals surface area (Å²) in [6, 6.07) is 10.2. The van der Waals surface area contributed by atoms with Crippen molar-refractivity contribution >= 4 is 11.5 Å². The Labute approximate surface area is 191 Å². The summed E-state index contributed by atoms with van der Waals surface area (Å²) in [4.78, 5) is 8.95. The molecule has 33 heavy (non-hydrogen) atoms. The largest absolute Gasteiger partial charge is 0.482 e. The van der Waals surface area contributed by atoms with Crippen LogP contribution >= 0.6 is 0 Å². The van der Waals surface area contributed by atoms with Gasteiger partial charge in [0.05, 0.1) is 17.1 Å². The number of fused-ring (bicyclic) bond motifs is 5. The third-order valence-electron chi connectivity index (χ3n) is 6.12. The topological polar surface area (TPSA) is 109 Å². The Morgan fingerprint density at radius 3 is 2.88 bits per heavy atom. The van der Waals surface area contributed by atoms with Gasteiger partial charge in [0.15, 0.2) is 11.6 Å². The van der Waals surface area contributed by atoms with Crippen molar-refractivity contribution in [3.63, 3.8) is 0 Å². The fourth-order valence-electron chi connectivity index (χ4n) is 4.15. The highest BCUT2D eigenvalue weighted by molar-refractivity contribution is 5.72. The molecule has 8 heteroatoms. The van der Waals surface area contributed by atoms with Gasteiger partial charge in [0, 0.05) is 42.0 Å². The number of hydrogen-bond acceptors (Lipinski definition) is 7. The molecule has 1 fully saturated rings. The van der Waals surface area contributed by atoms with Crippen molar-refractivity contribution in [2.24, 2.45) is 11.0 Å². The number of halogens is 1. The maximum atomic E-state index is 14.3. The van der Waals surface area contributed by atoms with E-state index in [4.69, 9.17) is 16.0 Å². The van der Waals surface area contributed by atoms with Gasteiger partial charge in [-0.25, -0.2) is 14.9 Å². The number of allylic oxidation sites excluding steroid dienone is 1. The molecule has 2 bridgehead atoms. The molecule has 3 aromatic rings. The molecule has 3 heterocycles. The molecule has 1 saturated carbocycles. The van der Waals surface area contributed by atoms with E-state index in [1.807, 2.05) is 25.1 Å². The summed E-state index contributed by atoms with van der Waals surface area (Å²) in [5.74, 6) is 0.901. The Bertz CT molecular complexity index is 1250. The molecule has 4 N–H and O–H groups in total. The molecule has 0 unspecified atom stereocenters. The van der Waals surface area contributed by atoms with E-state index in [1.165, 1.54) is 25.0 Å². The van der Waals surface area contributed by atoms with E-state index >= 15 is 0 Å². The molecular weight excluding hydrogens is 419 g/mol. The van der Waals surface area contributed by atoms with Crippen LogP contribution in [0.25, 0.3) is 17.0 Å². The van der Waals surface area contributed by atoms with Crippen LogP contribution < -0.4 is 15.8 Å². The lowest BCUT2D eigenvalue weighted by molar-refractivity contribution is 0.227. The number of pyridine rings is 2. The molecule has 1 aliphatic heterocycles. The highest BCUT2D eigenvalue weighted by atomic mass is 19.1. The lowest BCUT2D eigenvalue weighted by Crippen LogP contribution is -2.19. The number of hydrogen-bond donors (Lipinski definition) is 3. The first-order valence-electron chi connectivity index (χ1n) is 11.0. The molecular formula is C25H25FN6O. The average molecular weight is 445 g/mol. The number of aromatic nitrogens is 2. The summed E-state index contributed by atoms with van der Waals surface area (Å²) in [7, 11) is 0. The van der Waals surface area contributed by atoms with Gasteiger partial charge >= 0.3 is 0 Å². The third kappa shape index (κ3) is 4.28. The summed E-state index contributed by atoms with van der Waals surface area (Å²) >= 11 is 0. The van der Waals surface area contributed by atoms with Crippen molar-refractivity contribution < 1.29 is 9.13 Å². The minimum absolute atomic E-state index is 0.241. The number of nitrogens with zero attached hydrogens (tertiary/aromatic N) is 3. The van der Waals surface area contributed by atoms with Crippen LogP contribution in [0, 0.1) is 17.3 Å². The van der Waals surface area contributed by atoms with Gasteiger partial charge in [-0.15, -0.1) is 0 Å². The maximum absolute atomic E-state index is 14.3. The summed E-state index contributed by atoms with van der Waals surface area (Å²) in [5, 5.41) is 7.39. The second kappa shape index (κ2) is 8.61. The van der Waals surface area contributed by atoms with Crippen LogP contribution in [0.3, 0.4) is 0 Å². The first kappa shape index (κ1) is 21.1. The van der Waals surface area contributed by atoms with E-state index in [2.05, 4.69) is 20.4 Å². The molecule has 0 spiro atoms. The number of nitrogen functional groups attached to an aromatic ring is 1. The minimum atomic E-state index is -0.503. The molecule has 1 atom stereocenters. The van der Waals surface area contributed by atoms with Gasteiger partial charge in [-0.2, -0.15) is 5.11 Å². The van der Waals surface area contributed by atoms with Crippen molar-refractivity contribution in [2.75, 3.05) is 12.3 Å². The van der Waals surface area contributed by atoms with Gasteiger partial charge in [-0.3, -0.25) is 4.98 Å². The van der Waals surface area contributed by atoms with Crippen molar-refractivity contribution in [1.29, 1.82) is 5.53 Å². The Morgan fingerprint density at radius 1 is 1.24 bits per heavy atom. The average Bonchev–Trinajstić information content (AvgIpc) is 3.64. The standard InChI is InChI=1S/C25H25FN6O/c1-14-20-11-18(26)6-7-19(20)23-16(3-2-8-29-23)9-21(32-28)24(30-12-15-4-5-15)17-10-22(33-14)25(27)31-13-17/h2-3,6-8,10-11,13-15,28,30H,4-5,9,12H2,1H3,(H2,27,31)/b24-21-,32-28?/t14-/m1/s1. The van der Waals surface area contributed by atoms with Crippen LogP contribution in [-0.4, -0.2) is 16.5 Å². The van der Waals surface area contributed by atoms with Gasteiger partial charge in [-0.1, -0.05) is 6.07 Å². The molecule has 168 valence electrons. The normalized spacial score (nSPS) is 19.9. The molecule has 7 nitrogen and oxygen atoms in total. The van der Waals surface area contributed by atoms with Crippen LogP contribution in [-0.2, 0) is 6.42 Å². The number of nitrogens with two attached hydrogens (primary N) is 1. The number of ether oxygens (including phenoxy) is 1. The zero-order valence-electron chi connectivity index (χ0n) is 18.3. The second-order valence-electron chi connectivity index (χ2n) is 8.54. The van der Waals surface area contributed by atoms with Crippen molar-refractivity contribution in [3.8, 4) is 17.0 Å². The van der Waals surface area contributed by atoms with E-state index in [0.29, 0.717) is 35.0 Å². The van der Waals surface area contributed by atoms with Gasteiger partial charge in [-0.05, 0) is 61.6 Å². The highest BCUT2D eigenvalue weighted by Gasteiger charge is 2.25. The zero-order valence-corrected chi connectivity index (χ0v) is 18.3. The number of benzene rings is 1. The van der Waals surface area contributed by atoms with Gasteiger partial charge in [0.2, 0.25) is 0 Å². The zero-order chi connectivity index (χ0) is 22.9. The van der Waals surface area contributed by atoms with Crippen molar-refractivity contribution in [3.05, 3.63) is 77.0 Å². The quantitative estimate of drug-likeness (QED) is 0.476. The van der Waals surface area contributed by atoms with E-state index in [9.17, 15) is 4.39 Å². The van der Waals surface area contributed by atoms with Crippen LogP contribution in [0.1, 0.15) is 42.6 Å². The second-order valence-corrected chi connectivity index (χ2v) is 8.54. The van der Waals surface area contributed by atoms with E-state index in [1.54, 1.807) is 18.5 Å². The Balaban J connectivity index is 1.74. The monoisotopic (exact) mass is 444 g/mol.